The zero-order chi connectivity index (χ0) is 10.3. The summed E-state index contributed by atoms with van der Waals surface area (Å²) in [5.74, 6) is 0.701. The van der Waals surface area contributed by atoms with Gasteiger partial charge in [0, 0.05) is 12.1 Å². The summed E-state index contributed by atoms with van der Waals surface area (Å²) in [7, 11) is 0. The van der Waals surface area contributed by atoms with Gasteiger partial charge in [0.05, 0.1) is 5.69 Å². The van der Waals surface area contributed by atoms with Gasteiger partial charge in [0.1, 0.15) is 11.9 Å². The molecule has 78 valence electrons. The van der Waals surface area contributed by atoms with Crippen LogP contribution >= 0.6 is 0 Å². The molecule has 0 saturated carbocycles. The normalized spacial score (nSPS) is 26.1. The Balaban J connectivity index is 2.37. The second kappa shape index (κ2) is 3.22. The molecular weight excluding hydrogens is 188 g/mol. The summed E-state index contributed by atoms with van der Waals surface area (Å²) in [5.41, 5.74) is 0.771. The van der Waals surface area contributed by atoms with Crippen molar-refractivity contribution in [3.05, 3.63) is 11.8 Å². The van der Waals surface area contributed by atoms with E-state index < -0.39 is 12.5 Å². The average molecular weight is 201 g/mol. The number of anilines is 1. The lowest BCUT2D eigenvalue weighted by Gasteiger charge is -2.29. The Morgan fingerprint density at radius 1 is 1.64 bits per heavy atom. The molecule has 2 atom stereocenters. The van der Waals surface area contributed by atoms with E-state index in [4.69, 9.17) is 0 Å². The zero-order valence-corrected chi connectivity index (χ0v) is 8.17. The van der Waals surface area contributed by atoms with Crippen LogP contribution in [0.2, 0.25) is 0 Å². The summed E-state index contributed by atoms with van der Waals surface area (Å²) in [6.07, 6.45) is -1.93. The number of fused-ring (bicyclic) bond motifs is 1. The third-order valence-electron chi connectivity index (χ3n) is 2.45. The molecule has 1 N–H and O–H groups in total. The summed E-state index contributed by atoms with van der Waals surface area (Å²) in [6.45, 7) is 3.71. The maximum Gasteiger partial charge on any atom is 0.260 e. The highest BCUT2D eigenvalue weighted by Gasteiger charge is 2.31. The van der Waals surface area contributed by atoms with Crippen LogP contribution in [0.15, 0.2) is 6.07 Å². The number of halogens is 2. The summed E-state index contributed by atoms with van der Waals surface area (Å²) in [6, 6.07) is 1.10. The Hall–Kier alpha value is -1.13. The molecule has 0 aliphatic carbocycles. The third-order valence-corrected chi connectivity index (χ3v) is 2.45. The molecule has 2 rings (SSSR count). The molecule has 1 aromatic heterocycles. The van der Waals surface area contributed by atoms with Gasteiger partial charge in [-0.25, -0.2) is 13.5 Å². The van der Waals surface area contributed by atoms with Crippen LogP contribution in [0.3, 0.4) is 0 Å². The van der Waals surface area contributed by atoms with Crippen LogP contribution in [0, 0.1) is 6.92 Å². The lowest BCUT2D eigenvalue weighted by Crippen LogP contribution is -2.33. The number of hydrogen-bond acceptors (Lipinski definition) is 2. The fraction of sp³-hybridized carbons (Fsp3) is 0.667. The molecule has 2 heterocycles. The zero-order valence-electron chi connectivity index (χ0n) is 8.17. The van der Waals surface area contributed by atoms with Crippen molar-refractivity contribution in [1.82, 2.24) is 9.78 Å². The smallest absolute Gasteiger partial charge is 0.260 e. The molecule has 1 aliphatic heterocycles. The van der Waals surface area contributed by atoms with E-state index in [-0.39, 0.29) is 6.04 Å². The van der Waals surface area contributed by atoms with Gasteiger partial charge in [0.25, 0.3) is 6.43 Å². The summed E-state index contributed by atoms with van der Waals surface area (Å²) >= 11 is 0. The molecule has 0 fully saturated rings. The number of rotatable bonds is 1. The molecule has 5 heteroatoms. The van der Waals surface area contributed by atoms with E-state index in [0.29, 0.717) is 12.2 Å². The van der Waals surface area contributed by atoms with Crippen LogP contribution in [-0.2, 0) is 0 Å². The molecule has 0 saturated heterocycles. The van der Waals surface area contributed by atoms with Crippen molar-refractivity contribution in [3.63, 3.8) is 0 Å². The minimum atomic E-state index is -2.35. The van der Waals surface area contributed by atoms with Crippen molar-refractivity contribution < 1.29 is 8.78 Å². The Bertz CT molecular complexity index is 335. The molecule has 0 radical (unpaired) electrons. The first kappa shape index (κ1) is 9.43. The third kappa shape index (κ3) is 1.47. The molecule has 0 unspecified atom stereocenters. The number of aromatic nitrogens is 2. The van der Waals surface area contributed by atoms with Crippen molar-refractivity contribution in [2.75, 3.05) is 5.32 Å². The highest BCUT2D eigenvalue weighted by molar-refractivity contribution is 5.40. The first-order valence-electron chi connectivity index (χ1n) is 4.69. The van der Waals surface area contributed by atoms with Gasteiger partial charge in [-0.3, -0.25) is 0 Å². The molecule has 0 bridgehead atoms. The van der Waals surface area contributed by atoms with Gasteiger partial charge in [0.2, 0.25) is 0 Å². The minimum Gasteiger partial charge on any atom is -0.368 e. The van der Waals surface area contributed by atoms with Crippen molar-refractivity contribution in [2.24, 2.45) is 0 Å². The van der Waals surface area contributed by atoms with Crippen molar-refractivity contribution in [3.8, 4) is 0 Å². The fourth-order valence-electron chi connectivity index (χ4n) is 1.86. The molecule has 1 aromatic rings. The van der Waals surface area contributed by atoms with Crippen LogP contribution < -0.4 is 5.32 Å². The molecule has 3 nitrogen and oxygen atoms in total. The van der Waals surface area contributed by atoms with E-state index in [2.05, 4.69) is 10.4 Å². The van der Waals surface area contributed by atoms with Gasteiger partial charge in [-0.05, 0) is 20.3 Å². The van der Waals surface area contributed by atoms with Crippen LogP contribution in [0.4, 0.5) is 14.6 Å². The van der Waals surface area contributed by atoms with Gasteiger partial charge in [-0.1, -0.05) is 0 Å². The summed E-state index contributed by atoms with van der Waals surface area (Å²) in [5, 5.41) is 7.20. The van der Waals surface area contributed by atoms with E-state index in [1.54, 1.807) is 13.0 Å². The maximum atomic E-state index is 12.7. The second-order valence-electron chi connectivity index (χ2n) is 3.80. The molecule has 0 amide bonds. The van der Waals surface area contributed by atoms with E-state index in [9.17, 15) is 8.78 Å². The van der Waals surface area contributed by atoms with Crippen LogP contribution in [0.5, 0.6) is 0 Å². The lowest BCUT2D eigenvalue weighted by atomic mass is 10.1. The van der Waals surface area contributed by atoms with Crippen LogP contribution in [-0.4, -0.2) is 22.2 Å². The molecule has 1 aliphatic rings. The molecular formula is C9H13F2N3. The highest BCUT2D eigenvalue weighted by Crippen LogP contribution is 2.31. The van der Waals surface area contributed by atoms with Crippen molar-refractivity contribution in [1.29, 1.82) is 0 Å². The Morgan fingerprint density at radius 2 is 2.36 bits per heavy atom. The van der Waals surface area contributed by atoms with Crippen molar-refractivity contribution in [2.45, 2.75) is 38.8 Å². The number of aryl methyl sites for hydroxylation is 1. The monoisotopic (exact) mass is 201 g/mol. The van der Waals surface area contributed by atoms with Crippen LogP contribution in [0.25, 0.3) is 0 Å². The number of nitrogens with zero attached hydrogens (tertiary/aromatic N) is 2. The Kier molecular flexibility index (Phi) is 2.17. The van der Waals surface area contributed by atoms with E-state index in [0.717, 1.165) is 5.69 Å². The number of hydrogen-bond donors (Lipinski definition) is 1. The topological polar surface area (TPSA) is 29.9 Å². The minimum absolute atomic E-state index is 0.0811. The lowest BCUT2D eigenvalue weighted by molar-refractivity contribution is 0.0667. The highest BCUT2D eigenvalue weighted by atomic mass is 19.3. The summed E-state index contributed by atoms with van der Waals surface area (Å²) < 4.78 is 26.8. The maximum absolute atomic E-state index is 12.7. The van der Waals surface area contributed by atoms with E-state index in [1.165, 1.54) is 4.68 Å². The van der Waals surface area contributed by atoms with E-state index >= 15 is 0 Å². The first-order valence-corrected chi connectivity index (χ1v) is 4.69. The van der Waals surface area contributed by atoms with Gasteiger partial charge in [-0.15, -0.1) is 0 Å². The Labute approximate surface area is 81.1 Å². The summed E-state index contributed by atoms with van der Waals surface area (Å²) in [4.78, 5) is 0. The second-order valence-corrected chi connectivity index (χ2v) is 3.80. The first-order chi connectivity index (χ1) is 6.58. The SMILES string of the molecule is Cc1cc2n(n1)[C@@H](C(F)F)C[C@H](C)N2. The standard InChI is InChI=1S/C9H13F2N3/c1-5-3-7(9(10)11)14-8(12-5)4-6(2)13-14/h4-5,7,9,12H,3H2,1-2H3/t5-,7+/m0/s1. The predicted octanol–water partition coefficient (Wildman–Crippen LogP) is 2.20. The van der Waals surface area contributed by atoms with Gasteiger partial charge >= 0.3 is 0 Å². The molecule has 14 heavy (non-hydrogen) atoms. The molecule has 0 aromatic carbocycles. The Morgan fingerprint density at radius 3 is 3.00 bits per heavy atom. The number of alkyl halides is 2. The molecule has 0 spiro atoms. The van der Waals surface area contributed by atoms with Crippen molar-refractivity contribution >= 4 is 5.82 Å². The van der Waals surface area contributed by atoms with Crippen LogP contribution in [0.1, 0.15) is 25.1 Å². The van der Waals surface area contributed by atoms with Gasteiger partial charge < -0.3 is 5.32 Å². The van der Waals surface area contributed by atoms with Gasteiger partial charge in [-0.2, -0.15) is 5.10 Å². The number of nitrogens with one attached hydrogen (secondary N) is 1. The largest absolute Gasteiger partial charge is 0.368 e. The quantitative estimate of drug-likeness (QED) is 0.754. The van der Waals surface area contributed by atoms with Gasteiger partial charge in [0.15, 0.2) is 0 Å². The predicted molar refractivity (Wildman–Crippen MR) is 49.7 cm³/mol. The fourth-order valence-corrected chi connectivity index (χ4v) is 1.86. The van der Waals surface area contributed by atoms with E-state index in [1.807, 2.05) is 6.92 Å². The average Bonchev–Trinajstić information content (AvgIpc) is 2.42.